The van der Waals surface area contributed by atoms with E-state index in [1.807, 2.05) is 30.3 Å². The molecule has 0 radical (unpaired) electrons. The number of rotatable bonds is 12. The molecule has 0 bridgehead atoms. The molecular weight excluding hydrogens is 594 g/mol. The van der Waals surface area contributed by atoms with Crippen molar-refractivity contribution < 1.29 is 38.7 Å². The van der Waals surface area contributed by atoms with E-state index in [1.54, 1.807) is 29.2 Å². The highest BCUT2D eigenvalue weighted by atomic mass is 16.3. The maximum absolute atomic E-state index is 13.8. The summed E-state index contributed by atoms with van der Waals surface area (Å²) in [5.74, 6) is -1.88. The number of aryl methyl sites for hydroxylation is 1. The first-order valence-corrected chi connectivity index (χ1v) is 15.4. The number of nitrogens with zero attached hydrogens (tertiary/aromatic N) is 1. The number of hydrogen-bond donors (Lipinski definition) is 5. The van der Waals surface area contributed by atoms with Crippen molar-refractivity contribution in [1.82, 2.24) is 20.9 Å². The highest BCUT2D eigenvalue weighted by Crippen LogP contribution is 2.31. The molecule has 2 fully saturated rings. The van der Waals surface area contributed by atoms with Crippen LogP contribution in [-0.2, 0) is 46.5 Å². The molecule has 13 heteroatoms. The summed E-state index contributed by atoms with van der Waals surface area (Å²) in [6.07, 6.45) is 4.83. The zero-order valence-corrected chi connectivity index (χ0v) is 25.6. The number of amides is 5. The van der Waals surface area contributed by atoms with E-state index in [2.05, 4.69) is 16.0 Å². The lowest BCUT2D eigenvalue weighted by atomic mass is 9.98. The van der Waals surface area contributed by atoms with Crippen LogP contribution in [0.3, 0.4) is 0 Å². The smallest absolute Gasteiger partial charge is 0.373 e. The molecule has 5 amide bonds. The molecule has 2 aliphatic heterocycles. The van der Waals surface area contributed by atoms with Gasteiger partial charge in [-0.3, -0.25) is 24.0 Å². The Bertz CT molecular complexity index is 1380. The largest absolute Gasteiger partial charge is 0.508 e. The SMILES string of the molecule is NC(=O)CC[C@H](NC(=O)[C@@H]1CCC2CCCC[C@H](NC(=O)CCc3ccc(O)cc3)C(=O)N21)C(=O)NCc1ccccc1.O=C=O. The molecule has 4 atom stereocenters. The fourth-order valence-corrected chi connectivity index (χ4v) is 5.84. The predicted molar refractivity (Wildman–Crippen MR) is 164 cm³/mol. The second-order valence-corrected chi connectivity index (χ2v) is 11.4. The summed E-state index contributed by atoms with van der Waals surface area (Å²) in [7, 11) is 0. The van der Waals surface area contributed by atoms with Crippen molar-refractivity contribution in [1.29, 1.82) is 0 Å². The number of phenols is 1. The average Bonchev–Trinajstić information content (AvgIpc) is 3.46. The Morgan fingerprint density at radius 2 is 1.59 bits per heavy atom. The molecular formula is C33H41N5O8. The number of nitrogens with one attached hydrogen (secondary N) is 3. The molecule has 2 aromatic carbocycles. The minimum atomic E-state index is -0.997. The molecule has 13 nitrogen and oxygen atoms in total. The Balaban J connectivity index is 0.00000185. The zero-order valence-electron chi connectivity index (χ0n) is 25.6. The standard InChI is InChI=1S/C32H41N5O6.CO2/c33-28(39)18-16-25(30(41)34-20-22-6-2-1-3-7-22)36-31(42)27-17-13-23-8-4-5-9-26(32(43)37(23)27)35-29(40)19-12-21-10-14-24(38)15-11-21;2-1-3/h1-3,6-7,10-11,14-15,23,25-27,38H,4-5,8-9,12-13,16-20H2,(H2,33,39)(H,34,41)(H,35,40)(H,36,42);/t23?,25-,26-,27-;/m0./s1. The van der Waals surface area contributed by atoms with Gasteiger partial charge in [0.05, 0.1) is 0 Å². The van der Waals surface area contributed by atoms with Crippen molar-refractivity contribution >= 4 is 35.7 Å². The summed E-state index contributed by atoms with van der Waals surface area (Å²) in [5.41, 5.74) is 7.11. The topological polar surface area (TPSA) is 205 Å². The number of nitrogens with two attached hydrogens (primary N) is 1. The first-order chi connectivity index (χ1) is 22.1. The van der Waals surface area contributed by atoms with Crippen LogP contribution < -0.4 is 21.7 Å². The average molecular weight is 636 g/mol. The molecule has 6 N–H and O–H groups in total. The molecule has 246 valence electrons. The number of primary amides is 1. The minimum Gasteiger partial charge on any atom is -0.508 e. The van der Waals surface area contributed by atoms with Gasteiger partial charge in [-0.1, -0.05) is 55.3 Å². The third kappa shape index (κ3) is 10.8. The van der Waals surface area contributed by atoms with Crippen LogP contribution in [0.25, 0.3) is 0 Å². The molecule has 0 aliphatic carbocycles. The summed E-state index contributed by atoms with van der Waals surface area (Å²) >= 11 is 0. The highest BCUT2D eigenvalue weighted by molar-refractivity contribution is 5.95. The number of benzene rings is 2. The summed E-state index contributed by atoms with van der Waals surface area (Å²) in [4.78, 5) is 82.6. The molecule has 0 spiro atoms. The molecule has 2 saturated heterocycles. The highest BCUT2D eigenvalue weighted by Gasteiger charge is 2.44. The Morgan fingerprint density at radius 1 is 0.913 bits per heavy atom. The lowest BCUT2D eigenvalue weighted by molar-refractivity contribution is -0.191. The monoisotopic (exact) mass is 635 g/mol. The molecule has 2 aliphatic rings. The van der Waals surface area contributed by atoms with E-state index < -0.39 is 35.8 Å². The molecule has 2 aromatic rings. The van der Waals surface area contributed by atoms with E-state index in [4.69, 9.17) is 15.3 Å². The summed E-state index contributed by atoms with van der Waals surface area (Å²) < 4.78 is 0. The summed E-state index contributed by atoms with van der Waals surface area (Å²) in [6.45, 7) is 0.257. The van der Waals surface area contributed by atoms with Crippen LogP contribution in [0.1, 0.15) is 68.9 Å². The van der Waals surface area contributed by atoms with Gasteiger partial charge >= 0.3 is 6.15 Å². The first kappa shape index (κ1) is 35.4. The Kier molecular flexibility index (Phi) is 13.9. The van der Waals surface area contributed by atoms with E-state index in [0.29, 0.717) is 25.7 Å². The van der Waals surface area contributed by atoms with Gasteiger partial charge in [0.2, 0.25) is 29.5 Å². The van der Waals surface area contributed by atoms with Crippen molar-refractivity contribution in [3.63, 3.8) is 0 Å². The van der Waals surface area contributed by atoms with E-state index in [9.17, 15) is 29.1 Å². The lowest BCUT2D eigenvalue weighted by Gasteiger charge is -2.35. The predicted octanol–water partition coefficient (Wildman–Crippen LogP) is 1.23. The van der Waals surface area contributed by atoms with E-state index in [-0.39, 0.29) is 55.6 Å². The number of fused-ring (bicyclic) bond motifs is 1. The van der Waals surface area contributed by atoms with Crippen LogP contribution in [0, 0.1) is 0 Å². The van der Waals surface area contributed by atoms with Crippen molar-refractivity contribution in [2.24, 2.45) is 5.73 Å². The lowest BCUT2D eigenvalue weighted by Crippen LogP contribution is -2.58. The maximum atomic E-state index is 13.8. The Hall–Kier alpha value is -5.03. The van der Waals surface area contributed by atoms with E-state index >= 15 is 0 Å². The van der Waals surface area contributed by atoms with Crippen molar-refractivity contribution in [3.8, 4) is 5.75 Å². The molecule has 0 aromatic heterocycles. The third-order valence-corrected chi connectivity index (χ3v) is 8.17. The Morgan fingerprint density at radius 3 is 2.26 bits per heavy atom. The molecule has 4 rings (SSSR count). The van der Waals surface area contributed by atoms with Gasteiger partial charge < -0.3 is 31.7 Å². The maximum Gasteiger partial charge on any atom is 0.373 e. The van der Waals surface area contributed by atoms with Gasteiger partial charge in [0, 0.05) is 25.4 Å². The van der Waals surface area contributed by atoms with Crippen LogP contribution in [0.4, 0.5) is 0 Å². The summed E-state index contributed by atoms with van der Waals surface area (Å²) in [6, 6.07) is 13.3. The van der Waals surface area contributed by atoms with Crippen LogP contribution in [0.15, 0.2) is 54.6 Å². The quantitative estimate of drug-likeness (QED) is 0.229. The van der Waals surface area contributed by atoms with Crippen molar-refractivity contribution in [2.75, 3.05) is 0 Å². The van der Waals surface area contributed by atoms with Gasteiger partial charge in [-0.15, -0.1) is 0 Å². The van der Waals surface area contributed by atoms with Gasteiger partial charge in [-0.05, 0) is 61.8 Å². The van der Waals surface area contributed by atoms with Gasteiger partial charge in [-0.25, -0.2) is 0 Å². The van der Waals surface area contributed by atoms with Crippen LogP contribution >= 0.6 is 0 Å². The van der Waals surface area contributed by atoms with Gasteiger partial charge in [-0.2, -0.15) is 9.59 Å². The van der Waals surface area contributed by atoms with E-state index in [1.165, 1.54) is 0 Å². The van der Waals surface area contributed by atoms with Crippen LogP contribution in [0.2, 0.25) is 0 Å². The second-order valence-electron chi connectivity index (χ2n) is 11.4. The van der Waals surface area contributed by atoms with Gasteiger partial charge in [0.25, 0.3) is 0 Å². The number of carbonyl (C=O) groups excluding carboxylic acids is 7. The normalized spacial score (nSPS) is 19.5. The molecule has 0 saturated carbocycles. The molecule has 2 heterocycles. The van der Waals surface area contributed by atoms with Crippen LogP contribution in [-0.4, -0.2) is 69.9 Å². The number of aromatic hydroxyl groups is 1. The number of phenolic OH excluding ortho intramolecular Hbond substituents is 1. The molecule has 46 heavy (non-hydrogen) atoms. The molecule has 1 unspecified atom stereocenters. The summed E-state index contributed by atoms with van der Waals surface area (Å²) in [5, 5.41) is 17.9. The minimum absolute atomic E-state index is 0.0332. The van der Waals surface area contributed by atoms with E-state index in [0.717, 1.165) is 30.4 Å². The third-order valence-electron chi connectivity index (χ3n) is 8.17. The number of hydrogen-bond acceptors (Lipinski definition) is 8. The zero-order chi connectivity index (χ0) is 33.5. The Labute approximate surface area is 267 Å². The first-order valence-electron chi connectivity index (χ1n) is 15.4. The van der Waals surface area contributed by atoms with Crippen LogP contribution in [0.5, 0.6) is 5.75 Å². The van der Waals surface area contributed by atoms with Crippen molar-refractivity contribution in [2.45, 2.75) is 94.9 Å². The van der Waals surface area contributed by atoms with Crippen molar-refractivity contribution in [3.05, 3.63) is 65.7 Å². The second kappa shape index (κ2) is 18.1. The fraction of sp³-hybridized carbons (Fsp3) is 0.455. The van der Waals surface area contributed by atoms with Gasteiger partial charge in [0.15, 0.2) is 0 Å². The fourth-order valence-electron chi connectivity index (χ4n) is 5.84. The van der Waals surface area contributed by atoms with Gasteiger partial charge in [0.1, 0.15) is 23.9 Å². The number of carbonyl (C=O) groups is 5.